The highest BCUT2D eigenvalue weighted by atomic mass is 35.5. The normalized spacial score (nSPS) is 15.4. The molecule has 0 spiro atoms. The van der Waals surface area contributed by atoms with Gasteiger partial charge in [0.2, 0.25) is 6.10 Å². The van der Waals surface area contributed by atoms with E-state index in [0.717, 1.165) is 22.5 Å². The number of halogens is 1. The number of rotatable bonds is 6. The average Bonchev–Trinajstić information content (AvgIpc) is 3.36. The number of aromatic nitrogens is 2. The second kappa shape index (κ2) is 8.81. The van der Waals surface area contributed by atoms with Crippen LogP contribution in [0.15, 0.2) is 53.7 Å². The Morgan fingerprint density at radius 3 is 2.74 bits per heavy atom. The predicted molar refractivity (Wildman–Crippen MR) is 120 cm³/mol. The van der Waals surface area contributed by atoms with Gasteiger partial charge in [0, 0.05) is 17.0 Å². The number of benzene rings is 2. The number of carbonyl (C=O) groups excluding carboxylic acids is 1. The highest BCUT2D eigenvalue weighted by Crippen LogP contribution is 2.27. The van der Waals surface area contributed by atoms with Gasteiger partial charge in [0.05, 0.1) is 36.4 Å². The molecule has 0 fully saturated rings. The van der Waals surface area contributed by atoms with Gasteiger partial charge in [0.25, 0.3) is 5.91 Å². The van der Waals surface area contributed by atoms with Crippen LogP contribution < -0.4 is 10.1 Å². The second-order valence-electron chi connectivity index (χ2n) is 7.32. The highest BCUT2D eigenvalue weighted by molar-refractivity contribution is 6.31. The number of hydrogen-bond donors (Lipinski definition) is 1. The zero-order chi connectivity index (χ0) is 22.0. The van der Waals surface area contributed by atoms with Crippen LogP contribution in [0.4, 0.5) is 5.69 Å². The lowest BCUT2D eigenvalue weighted by molar-refractivity contribution is -0.125. The van der Waals surface area contributed by atoms with Crippen molar-refractivity contribution in [3.05, 3.63) is 76.1 Å². The van der Waals surface area contributed by atoms with Crippen LogP contribution in [-0.2, 0) is 16.2 Å². The summed E-state index contributed by atoms with van der Waals surface area (Å²) in [4.78, 5) is 18.3. The number of nitrogens with zero attached hydrogens (tertiary/aromatic N) is 3. The maximum Gasteiger partial charge on any atom is 0.268 e. The van der Waals surface area contributed by atoms with E-state index >= 15 is 0 Å². The van der Waals surface area contributed by atoms with E-state index in [1.54, 1.807) is 7.11 Å². The molecule has 8 heteroatoms. The van der Waals surface area contributed by atoms with Crippen molar-refractivity contribution in [2.45, 2.75) is 32.9 Å². The minimum Gasteiger partial charge on any atom is -0.496 e. The molecule has 1 atom stereocenters. The number of amides is 1. The largest absolute Gasteiger partial charge is 0.496 e. The van der Waals surface area contributed by atoms with Crippen LogP contribution in [0.25, 0.3) is 0 Å². The Labute approximate surface area is 185 Å². The van der Waals surface area contributed by atoms with Crippen LogP contribution in [0.2, 0.25) is 5.02 Å². The standard InChI is InChI=1S/C23H23ClN4O3/c1-14-22(15(2)28(26-14)13-16-8-4-6-10-18(16)24)25-23(29)21-12-19(27-31-21)17-9-5-7-11-20(17)30-3/h4-11,21H,12-13H2,1-3H3,(H,25,29)/t21-/m0/s1. The van der Waals surface area contributed by atoms with Crippen LogP contribution >= 0.6 is 11.6 Å². The van der Waals surface area contributed by atoms with Gasteiger partial charge in [-0.05, 0) is 37.6 Å². The van der Waals surface area contributed by atoms with Gasteiger partial charge < -0.3 is 14.9 Å². The topological polar surface area (TPSA) is 77.7 Å². The molecule has 2 aromatic carbocycles. The summed E-state index contributed by atoms with van der Waals surface area (Å²) in [5.41, 5.74) is 4.70. The summed E-state index contributed by atoms with van der Waals surface area (Å²) in [6.45, 7) is 4.29. The highest BCUT2D eigenvalue weighted by Gasteiger charge is 2.31. The molecule has 1 aliphatic heterocycles. The van der Waals surface area contributed by atoms with Gasteiger partial charge in [0.1, 0.15) is 5.75 Å². The number of methoxy groups -OCH3 is 1. The number of anilines is 1. The van der Waals surface area contributed by atoms with Crippen molar-refractivity contribution in [1.29, 1.82) is 0 Å². The molecule has 1 N–H and O–H groups in total. The molecule has 1 aliphatic rings. The number of para-hydroxylation sites is 1. The molecule has 0 bridgehead atoms. The SMILES string of the molecule is COc1ccccc1C1=NO[C@H](C(=O)Nc2c(C)nn(Cc3ccccc3Cl)c2C)C1. The van der Waals surface area contributed by atoms with E-state index in [1.807, 2.05) is 67.1 Å². The molecule has 3 aromatic rings. The Morgan fingerprint density at radius 2 is 1.97 bits per heavy atom. The third-order valence-electron chi connectivity index (χ3n) is 5.29. The molecule has 1 amide bonds. The quantitative estimate of drug-likeness (QED) is 0.621. The monoisotopic (exact) mass is 438 g/mol. The fourth-order valence-electron chi connectivity index (χ4n) is 3.58. The molecular weight excluding hydrogens is 416 g/mol. The molecule has 0 saturated carbocycles. The number of aryl methyl sites for hydroxylation is 1. The van der Waals surface area contributed by atoms with Gasteiger partial charge in [-0.1, -0.05) is 47.1 Å². The van der Waals surface area contributed by atoms with Crippen molar-refractivity contribution in [1.82, 2.24) is 9.78 Å². The molecule has 160 valence electrons. The molecule has 0 unspecified atom stereocenters. The van der Waals surface area contributed by atoms with E-state index in [9.17, 15) is 4.79 Å². The lowest BCUT2D eigenvalue weighted by atomic mass is 10.0. The number of nitrogens with one attached hydrogen (secondary N) is 1. The van der Waals surface area contributed by atoms with Crippen LogP contribution in [0.3, 0.4) is 0 Å². The molecular formula is C23H23ClN4O3. The molecule has 0 saturated heterocycles. The van der Waals surface area contributed by atoms with Gasteiger partial charge in [-0.3, -0.25) is 9.48 Å². The smallest absolute Gasteiger partial charge is 0.268 e. The fourth-order valence-corrected chi connectivity index (χ4v) is 3.78. The Bertz CT molecular complexity index is 1160. The molecule has 7 nitrogen and oxygen atoms in total. The zero-order valence-corrected chi connectivity index (χ0v) is 18.3. The Kier molecular flexibility index (Phi) is 5.95. The third-order valence-corrected chi connectivity index (χ3v) is 5.66. The van der Waals surface area contributed by atoms with Crippen LogP contribution in [0, 0.1) is 13.8 Å². The van der Waals surface area contributed by atoms with Gasteiger partial charge in [0.15, 0.2) is 0 Å². The first-order valence-corrected chi connectivity index (χ1v) is 10.3. The van der Waals surface area contributed by atoms with E-state index < -0.39 is 6.10 Å². The summed E-state index contributed by atoms with van der Waals surface area (Å²) < 4.78 is 7.21. The van der Waals surface area contributed by atoms with Crippen LogP contribution in [0.5, 0.6) is 5.75 Å². The number of hydrogen-bond acceptors (Lipinski definition) is 5. The first kappa shape index (κ1) is 20.9. The predicted octanol–water partition coefficient (Wildman–Crippen LogP) is 4.34. The fraction of sp³-hybridized carbons (Fsp3) is 0.261. The summed E-state index contributed by atoms with van der Waals surface area (Å²) in [5, 5.41) is 12.3. The lowest BCUT2D eigenvalue weighted by Crippen LogP contribution is -2.28. The Balaban J connectivity index is 1.46. The number of ether oxygens (including phenoxy) is 1. The van der Waals surface area contributed by atoms with Crippen LogP contribution in [-0.4, -0.2) is 34.6 Å². The van der Waals surface area contributed by atoms with E-state index in [4.69, 9.17) is 21.2 Å². The van der Waals surface area contributed by atoms with Crippen molar-refractivity contribution in [3.8, 4) is 5.75 Å². The first-order chi connectivity index (χ1) is 15.0. The summed E-state index contributed by atoms with van der Waals surface area (Å²) in [7, 11) is 1.60. The lowest BCUT2D eigenvalue weighted by Gasteiger charge is -2.11. The van der Waals surface area contributed by atoms with Crippen molar-refractivity contribution in [3.63, 3.8) is 0 Å². The minimum absolute atomic E-state index is 0.267. The second-order valence-corrected chi connectivity index (χ2v) is 7.73. The molecule has 4 rings (SSSR count). The van der Waals surface area contributed by atoms with E-state index in [2.05, 4.69) is 15.6 Å². The zero-order valence-electron chi connectivity index (χ0n) is 17.6. The minimum atomic E-state index is -0.717. The molecule has 0 radical (unpaired) electrons. The molecule has 2 heterocycles. The number of oxime groups is 1. The summed E-state index contributed by atoms with van der Waals surface area (Å²) >= 11 is 6.28. The van der Waals surface area contributed by atoms with Crippen molar-refractivity contribution in [2.75, 3.05) is 12.4 Å². The third kappa shape index (κ3) is 4.27. The van der Waals surface area contributed by atoms with E-state index in [-0.39, 0.29) is 5.91 Å². The maximum atomic E-state index is 12.9. The summed E-state index contributed by atoms with van der Waals surface area (Å²) in [5.74, 6) is 0.426. The van der Waals surface area contributed by atoms with Gasteiger partial charge >= 0.3 is 0 Å². The van der Waals surface area contributed by atoms with Gasteiger partial charge in [-0.25, -0.2) is 0 Å². The van der Waals surface area contributed by atoms with Crippen molar-refractivity contribution in [2.24, 2.45) is 5.16 Å². The van der Waals surface area contributed by atoms with Gasteiger partial charge in [-0.15, -0.1) is 0 Å². The van der Waals surface area contributed by atoms with Crippen LogP contribution in [0.1, 0.15) is 28.9 Å². The van der Waals surface area contributed by atoms with E-state index in [0.29, 0.717) is 35.1 Å². The van der Waals surface area contributed by atoms with Crippen molar-refractivity contribution >= 4 is 28.9 Å². The maximum absolute atomic E-state index is 12.9. The molecule has 0 aliphatic carbocycles. The summed E-state index contributed by atoms with van der Waals surface area (Å²) in [6.07, 6.45) is -0.358. The molecule has 31 heavy (non-hydrogen) atoms. The Morgan fingerprint density at radius 1 is 1.23 bits per heavy atom. The van der Waals surface area contributed by atoms with Crippen molar-refractivity contribution < 1.29 is 14.4 Å². The Hall–Kier alpha value is -3.32. The summed E-state index contributed by atoms with van der Waals surface area (Å²) in [6, 6.07) is 15.2. The molecule has 1 aromatic heterocycles. The van der Waals surface area contributed by atoms with E-state index in [1.165, 1.54) is 0 Å². The van der Waals surface area contributed by atoms with Gasteiger partial charge in [-0.2, -0.15) is 5.10 Å². The number of carbonyl (C=O) groups is 1. The first-order valence-electron chi connectivity index (χ1n) is 9.92. The average molecular weight is 439 g/mol.